The quantitative estimate of drug-likeness (QED) is 0.433. The summed E-state index contributed by atoms with van der Waals surface area (Å²) in [5.41, 5.74) is 4.23. The van der Waals surface area contributed by atoms with E-state index in [1.807, 2.05) is 18.2 Å². The maximum atomic E-state index is 5.30. The van der Waals surface area contributed by atoms with Crippen LogP contribution in [0.4, 0.5) is 5.69 Å². The van der Waals surface area contributed by atoms with Crippen LogP contribution in [0.2, 0.25) is 0 Å². The van der Waals surface area contributed by atoms with Gasteiger partial charge in [0.1, 0.15) is 5.75 Å². The second kappa shape index (κ2) is 11.3. The van der Waals surface area contributed by atoms with Crippen LogP contribution in [0.3, 0.4) is 0 Å². The summed E-state index contributed by atoms with van der Waals surface area (Å²) in [6, 6.07) is 19.3. The molecule has 1 unspecified atom stereocenters. The van der Waals surface area contributed by atoms with Crippen molar-refractivity contribution >= 4 is 16.6 Å². The van der Waals surface area contributed by atoms with Crippen molar-refractivity contribution < 1.29 is 4.74 Å². The largest absolute Gasteiger partial charge is 0.497 e. The fourth-order valence-corrected chi connectivity index (χ4v) is 4.46. The molecular weight excluding hydrogens is 396 g/mol. The van der Waals surface area contributed by atoms with Crippen molar-refractivity contribution in [3.05, 3.63) is 54.6 Å². The highest BCUT2D eigenvalue weighted by Crippen LogP contribution is 2.29. The number of piperidine rings is 1. The van der Waals surface area contributed by atoms with Crippen LogP contribution in [0.5, 0.6) is 5.75 Å². The topological polar surface area (TPSA) is 49.4 Å². The zero-order valence-electron chi connectivity index (χ0n) is 19.4. The standard InChI is InChI=1S/C27H36N4O/c1-31(19-15-22-8-5-6-16-28-22)18-7-17-29-27-20-26(21-11-13-23(32-2)14-12-21)30-25-10-4-3-9-24(25)27/h3-4,9-14,20,22,28H,5-8,15-19H2,1-2H3,(H,29,30). The van der Waals surface area contributed by atoms with Crippen LogP contribution in [0, 0.1) is 0 Å². The molecule has 0 aliphatic carbocycles. The van der Waals surface area contributed by atoms with E-state index in [9.17, 15) is 0 Å². The highest BCUT2D eigenvalue weighted by atomic mass is 16.5. The molecule has 2 aromatic carbocycles. The highest BCUT2D eigenvalue weighted by Gasteiger charge is 2.13. The molecule has 2 N–H and O–H groups in total. The van der Waals surface area contributed by atoms with Gasteiger partial charge in [-0.3, -0.25) is 0 Å². The van der Waals surface area contributed by atoms with Crippen molar-refractivity contribution in [1.29, 1.82) is 0 Å². The number of fused-ring (bicyclic) bond motifs is 1. The minimum atomic E-state index is 0.712. The zero-order chi connectivity index (χ0) is 22.2. The Morgan fingerprint density at radius 3 is 2.72 bits per heavy atom. The highest BCUT2D eigenvalue weighted by molar-refractivity contribution is 5.93. The molecule has 0 radical (unpaired) electrons. The molecule has 1 atom stereocenters. The first-order valence-corrected chi connectivity index (χ1v) is 11.9. The van der Waals surface area contributed by atoms with Crippen LogP contribution in [0.25, 0.3) is 22.2 Å². The van der Waals surface area contributed by atoms with E-state index in [4.69, 9.17) is 9.72 Å². The molecule has 0 spiro atoms. The summed E-state index contributed by atoms with van der Waals surface area (Å²) in [5.74, 6) is 0.858. The molecule has 1 aromatic heterocycles. The lowest BCUT2D eigenvalue weighted by atomic mass is 10.0. The third-order valence-electron chi connectivity index (χ3n) is 6.41. The van der Waals surface area contributed by atoms with Gasteiger partial charge in [0.15, 0.2) is 0 Å². The summed E-state index contributed by atoms with van der Waals surface area (Å²) < 4.78 is 5.30. The maximum absolute atomic E-state index is 5.30. The molecular formula is C27H36N4O. The molecule has 32 heavy (non-hydrogen) atoms. The normalized spacial score (nSPS) is 16.4. The Labute approximate surface area is 192 Å². The Kier molecular flexibility index (Phi) is 7.97. The number of aromatic nitrogens is 1. The average Bonchev–Trinajstić information content (AvgIpc) is 2.86. The van der Waals surface area contributed by atoms with E-state index in [0.717, 1.165) is 54.3 Å². The van der Waals surface area contributed by atoms with Crippen molar-refractivity contribution in [2.75, 3.05) is 45.7 Å². The lowest BCUT2D eigenvalue weighted by Gasteiger charge is -2.26. The molecule has 0 amide bonds. The Hall–Kier alpha value is -2.63. The van der Waals surface area contributed by atoms with Gasteiger partial charge in [0.2, 0.25) is 0 Å². The molecule has 5 nitrogen and oxygen atoms in total. The van der Waals surface area contributed by atoms with Crippen LogP contribution < -0.4 is 15.4 Å². The number of pyridine rings is 1. The third-order valence-corrected chi connectivity index (χ3v) is 6.41. The van der Waals surface area contributed by atoms with Gasteiger partial charge in [-0.15, -0.1) is 0 Å². The first-order chi connectivity index (χ1) is 15.7. The van der Waals surface area contributed by atoms with Crippen molar-refractivity contribution in [2.24, 2.45) is 0 Å². The minimum absolute atomic E-state index is 0.712. The fraction of sp³-hybridized carbons (Fsp3) is 0.444. The van der Waals surface area contributed by atoms with Gasteiger partial charge in [-0.25, -0.2) is 4.98 Å². The summed E-state index contributed by atoms with van der Waals surface area (Å²) in [5, 5.41) is 8.50. The molecule has 0 saturated carbocycles. The number of hydrogen-bond donors (Lipinski definition) is 2. The minimum Gasteiger partial charge on any atom is -0.497 e. The molecule has 0 bridgehead atoms. The molecule has 4 rings (SSSR count). The number of nitrogens with one attached hydrogen (secondary N) is 2. The molecule has 1 fully saturated rings. The van der Waals surface area contributed by atoms with Crippen molar-refractivity contribution in [1.82, 2.24) is 15.2 Å². The van der Waals surface area contributed by atoms with Gasteiger partial charge >= 0.3 is 0 Å². The first kappa shape index (κ1) is 22.6. The first-order valence-electron chi connectivity index (χ1n) is 11.9. The van der Waals surface area contributed by atoms with Crippen LogP contribution >= 0.6 is 0 Å². The molecule has 1 saturated heterocycles. The average molecular weight is 433 g/mol. The van der Waals surface area contributed by atoms with E-state index in [0.29, 0.717) is 6.04 Å². The van der Waals surface area contributed by atoms with Gasteiger partial charge in [-0.2, -0.15) is 0 Å². The van der Waals surface area contributed by atoms with Crippen LogP contribution in [0.15, 0.2) is 54.6 Å². The van der Waals surface area contributed by atoms with E-state index in [2.05, 4.69) is 59.0 Å². The SMILES string of the molecule is COc1ccc(-c2cc(NCCCN(C)CCC3CCCCN3)c3ccccc3n2)cc1. The maximum Gasteiger partial charge on any atom is 0.118 e. The number of ether oxygens (including phenoxy) is 1. The predicted octanol–water partition coefficient (Wildman–Crippen LogP) is 5.18. The number of methoxy groups -OCH3 is 1. The number of rotatable bonds is 10. The number of benzene rings is 2. The third kappa shape index (κ3) is 5.99. The molecule has 5 heteroatoms. The molecule has 170 valence electrons. The van der Waals surface area contributed by atoms with Gasteiger partial charge in [-0.1, -0.05) is 24.6 Å². The smallest absolute Gasteiger partial charge is 0.118 e. The van der Waals surface area contributed by atoms with E-state index in [1.54, 1.807) is 7.11 Å². The predicted molar refractivity (Wildman–Crippen MR) is 135 cm³/mol. The monoisotopic (exact) mass is 432 g/mol. The van der Waals surface area contributed by atoms with Gasteiger partial charge in [-0.05, 0) is 88.8 Å². The van der Waals surface area contributed by atoms with Crippen LogP contribution in [0.1, 0.15) is 32.1 Å². The molecule has 1 aliphatic rings. The number of hydrogen-bond acceptors (Lipinski definition) is 5. The Morgan fingerprint density at radius 2 is 1.94 bits per heavy atom. The summed E-state index contributed by atoms with van der Waals surface area (Å²) in [6.45, 7) is 4.41. The summed E-state index contributed by atoms with van der Waals surface area (Å²) in [4.78, 5) is 7.36. The van der Waals surface area contributed by atoms with Gasteiger partial charge in [0.05, 0.1) is 18.3 Å². The molecule has 3 aromatic rings. The van der Waals surface area contributed by atoms with Crippen molar-refractivity contribution in [3.8, 4) is 17.0 Å². The lowest BCUT2D eigenvalue weighted by molar-refractivity contribution is 0.287. The van der Waals surface area contributed by atoms with E-state index in [1.165, 1.54) is 37.6 Å². The second-order valence-electron chi connectivity index (χ2n) is 8.82. The summed E-state index contributed by atoms with van der Waals surface area (Å²) in [6.07, 6.45) is 6.42. The Balaban J connectivity index is 1.35. The molecule has 2 heterocycles. The Morgan fingerprint density at radius 1 is 1.09 bits per heavy atom. The van der Waals surface area contributed by atoms with Crippen LogP contribution in [-0.2, 0) is 0 Å². The van der Waals surface area contributed by atoms with Gasteiger partial charge < -0.3 is 20.3 Å². The van der Waals surface area contributed by atoms with E-state index >= 15 is 0 Å². The zero-order valence-corrected chi connectivity index (χ0v) is 19.4. The van der Waals surface area contributed by atoms with Crippen LogP contribution in [-0.4, -0.2) is 56.3 Å². The summed E-state index contributed by atoms with van der Waals surface area (Å²) >= 11 is 0. The second-order valence-corrected chi connectivity index (χ2v) is 8.82. The van der Waals surface area contributed by atoms with Crippen molar-refractivity contribution in [3.63, 3.8) is 0 Å². The number of para-hydroxylation sites is 1. The van der Waals surface area contributed by atoms with E-state index in [-0.39, 0.29) is 0 Å². The van der Waals surface area contributed by atoms with E-state index < -0.39 is 0 Å². The van der Waals surface area contributed by atoms with Crippen molar-refractivity contribution in [2.45, 2.75) is 38.1 Å². The molecule has 1 aliphatic heterocycles. The van der Waals surface area contributed by atoms with Gasteiger partial charge in [0, 0.05) is 29.2 Å². The number of nitrogens with zero attached hydrogens (tertiary/aromatic N) is 2. The lowest BCUT2D eigenvalue weighted by Crippen LogP contribution is -2.37. The number of anilines is 1. The summed E-state index contributed by atoms with van der Waals surface area (Å²) in [7, 11) is 3.93. The van der Waals surface area contributed by atoms with Gasteiger partial charge in [0.25, 0.3) is 0 Å². The fourth-order valence-electron chi connectivity index (χ4n) is 4.46. The Bertz CT molecular complexity index is 983.